The Bertz CT molecular complexity index is 1510. The number of hydrogen-bond donors (Lipinski definition) is 2. The largest absolute Gasteiger partial charge is 0.416 e. The van der Waals surface area contributed by atoms with E-state index in [1.54, 1.807) is 30.5 Å². The summed E-state index contributed by atoms with van der Waals surface area (Å²) in [4.78, 5) is 12.5. The summed E-state index contributed by atoms with van der Waals surface area (Å²) in [6, 6.07) is 15.7. The van der Waals surface area contributed by atoms with Gasteiger partial charge in [-0.2, -0.15) is 13.2 Å². The molecular weight excluding hydrogens is 483 g/mol. The second-order valence-electron chi connectivity index (χ2n) is 7.65. The molecule has 0 fully saturated rings. The maximum absolute atomic E-state index is 13.2. The number of halogens is 3. The molecule has 4 aromatic rings. The van der Waals surface area contributed by atoms with Crippen molar-refractivity contribution in [2.45, 2.75) is 18.0 Å². The van der Waals surface area contributed by atoms with Crippen LogP contribution in [0.5, 0.6) is 0 Å². The van der Waals surface area contributed by atoms with E-state index < -0.39 is 27.7 Å². The molecule has 8 nitrogen and oxygen atoms in total. The first-order valence-corrected chi connectivity index (χ1v) is 11.6. The molecule has 3 aromatic carbocycles. The summed E-state index contributed by atoms with van der Waals surface area (Å²) in [6.07, 6.45) is -2.96. The van der Waals surface area contributed by atoms with Crippen LogP contribution >= 0.6 is 0 Å². The van der Waals surface area contributed by atoms with Crippen molar-refractivity contribution >= 4 is 21.6 Å². The topological polar surface area (TPSA) is 120 Å². The van der Waals surface area contributed by atoms with E-state index in [1.165, 1.54) is 48.0 Å². The van der Waals surface area contributed by atoms with Crippen molar-refractivity contribution in [2.75, 3.05) is 5.32 Å². The number of anilines is 1. The quantitative estimate of drug-likeness (QED) is 0.426. The van der Waals surface area contributed by atoms with Crippen molar-refractivity contribution < 1.29 is 26.4 Å². The van der Waals surface area contributed by atoms with Gasteiger partial charge in [-0.25, -0.2) is 18.2 Å². The van der Waals surface area contributed by atoms with Crippen molar-refractivity contribution in [1.29, 1.82) is 0 Å². The van der Waals surface area contributed by atoms with E-state index in [2.05, 4.69) is 15.6 Å². The van der Waals surface area contributed by atoms with Crippen molar-refractivity contribution in [1.82, 2.24) is 15.0 Å². The molecule has 180 valence electrons. The molecule has 0 spiro atoms. The van der Waals surface area contributed by atoms with Crippen LogP contribution < -0.4 is 10.5 Å². The maximum atomic E-state index is 13.2. The summed E-state index contributed by atoms with van der Waals surface area (Å²) in [5.41, 5.74) is 0.976. The Morgan fingerprint density at radius 3 is 2.40 bits per heavy atom. The van der Waals surface area contributed by atoms with Crippen LogP contribution in [-0.4, -0.2) is 29.3 Å². The number of benzene rings is 3. The van der Waals surface area contributed by atoms with Crippen molar-refractivity contribution in [3.05, 3.63) is 89.6 Å². The molecule has 1 amide bonds. The second-order valence-corrected chi connectivity index (χ2v) is 9.21. The van der Waals surface area contributed by atoms with Gasteiger partial charge in [0.25, 0.3) is 5.91 Å². The number of nitrogens with zero attached hydrogens (tertiary/aromatic N) is 3. The van der Waals surface area contributed by atoms with Crippen LogP contribution in [0.25, 0.3) is 16.9 Å². The predicted octanol–water partition coefficient (Wildman–Crippen LogP) is 4.16. The Morgan fingerprint density at radius 2 is 1.74 bits per heavy atom. The third-order valence-corrected chi connectivity index (χ3v) is 6.07. The molecule has 0 atom stereocenters. The van der Waals surface area contributed by atoms with E-state index in [9.17, 15) is 26.4 Å². The molecule has 0 aliphatic rings. The molecule has 0 saturated heterocycles. The average molecular weight is 501 g/mol. The fourth-order valence-electron chi connectivity index (χ4n) is 3.34. The van der Waals surface area contributed by atoms with E-state index >= 15 is 0 Å². The zero-order chi connectivity index (χ0) is 25.4. The molecule has 0 saturated carbocycles. The van der Waals surface area contributed by atoms with E-state index in [0.29, 0.717) is 22.6 Å². The summed E-state index contributed by atoms with van der Waals surface area (Å²) in [5, 5.41) is 15.8. The number of nitrogens with two attached hydrogens (primary N) is 1. The normalized spacial score (nSPS) is 11.9. The number of rotatable bonds is 5. The van der Waals surface area contributed by atoms with Crippen LogP contribution in [-0.2, 0) is 16.2 Å². The molecule has 3 N–H and O–H groups in total. The third-order valence-electron chi connectivity index (χ3n) is 5.14. The summed E-state index contributed by atoms with van der Waals surface area (Å²) in [5.74, 6) is -0.689. The van der Waals surface area contributed by atoms with Crippen LogP contribution in [0.4, 0.5) is 18.9 Å². The molecule has 0 bridgehead atoms. The highest BCUT2D eigenvalue weighted by Gasteiger charge is 2.33. The smallest absolute Gasteiger partial charge is 0.322 e. The first-order valence-electron chi connectivity index (χ1n) is 10.1. The number of aromatic nitrogens is 3. The second kappa shape index (κ2) is 8.96. The van der Waals surface area contributed by atoms with E-state index in [4.69, 9.17) is 5.14 Å². The number of nitrogens with one attached hydrogen (secondary N) is 1. The molecule has 0 radical (unpaired) electrons. The third kappa shape index (κ3) is 5.39. The van der Waals surface area contributed by atoms with Gasteiger partial charge in [0.15, 0.2) is 0 Å². The Hall–Kier alpha value is -4.03. The SMILES string of the molecule is Cc1ccc(C(=O)Nc2cccc(-c3cn(-c4ccc(S(N)(=O)=O)cc4)nn3)c2)cc1C(F)(F)F. The van der Waals surface area contributed by atoms with Gasteiger partial charge in [-0.05, 0) is 61.0 Å². The number of primary sulfonamides is 1. The Kier molecular flexibility index (Phi) is 6.17. The molecule has 4 rings (SSSR count). The first-order chi connectivity index (χ1) is 16.4. The fraction of sp³-hybridized carbons (Fsp3) is 0.0870. The van der Waals surface area contributed by atoms with Crippen LogP contribution in [0, 0.1) is 6.92 Å². The highest BCUT2D eigenvalue weighted by molar-refractivity contribution is 7.89. The maximum Gasteiger partial charge on any atom is 0.416 e. The van der Waals surface area contributed by atoms with Crippen molar-refractivity contribution in [2.24, 2.45) is 5.14 Å². The molecule has 0 aliphatic carbocycles. The molecule has 35 heavy (non-hydrogen) atoms. The van der Waals surface area contributed by atoms with Gasteiger partial charge in [-0.1, -0.05) is 23.4 Å². The molecule has 12 heteroatoms. The minimum atomic E-state index is -4.56. The van der Waals surface area contributed by atoms with Gasteiger partial charge in [-0.15, -0.1) is 5.10 Å². The van der Waals surface area contributed by atoms with Crippen molar-refractivity contribution in [3.63, 3.8) is 0 Å². The van der Waals surface area contributed by atoms with Gasteiger partial charge in [0.05, 0.1) is 22.3 Å². The minimum Gasteiger partial charge on any atom is -0.322 e. The standard InChI is InChI=1S/C23H18F3N5O3S/c1-14-5-6-16(12-20(14)23(24,25)26)22(32)28-17-4-2-3-15(11-17)21-13-31(30-29-21)18-7-9-19(10-8-18)35(27,33)34/h2-13H,1H3,(H,28,32)(H2,27,33,34). The highest BCUT2D eigenvalue weighted by Crippen LogP contribution is 2.32. The lowest BCUT2D eigenvalue weighted by molar-refractivity contribution is -0.138. The lowest BCUT2D eigenvalue weighted by atomic mass is 10.0. The van der Waals surface area contributed by atoms with Gasteiger partial charge in [0.1, 0.15) is 5.69 Å². The number of sulfonamides is 1. The number of alkyl halides is 3. The molecule has 0 unspecified atom stereocenters. The summed E-state index contributed by atoms with van der Waals surface area (Å²) in [7, 11) is -3.82. The number of carbonyl (C=O) groups is 1. The van der Waals surface area contributed by atoms with Crippen molar-refractivity contribution in [3.8, 4) is 16.9 Å². The van der Waals surface area contributed by atoms with Gasteiger partial charge < -0.3 is 5.32 Å². The highest BCUT2D eigenvalue weighted by atomic mass is 32.2. The van der Waals surface area contributed by atoms with Crippen LogP contribution in [0.15, 0.2) is 77.8 Å². The first kappa shape index (κ1) is 24.1. The molecule has 0 aliphatic heterocycles. The lowest BCUT2D eigenvalue weighted by Crippen LogP contribution is -2.15. The number of amides is 1. The van der Waals surface area contributed by atoms with Gasteiger partial charge in [0.2, 0.25) is 10.0 Å². The summed E-state index contributed by atoms with van der Waals surface area (Å²) < 4.78 is 63.8. The average Bonchev–Trinajstić information content (AvgIpc) is 3.29. The van der Waals surface area contributed by atoms with E-state index in [0.717, 1.165) is 6.07 Å². The van der Waals surface area contributed by atoms with Crippen LogP contribution in [0.3, 0.4) is 0 Å². The Morgan fingerprint density at radius 1 is 1.03 bits per heavy atom. The van der Waals surface area contributed by atoms with Gasteiger partial charge in [0, 0.05) is 16.8 Å². The van der Waals surface area contributed by atoms with E-state index in [1.807, 2.05) is 0 Å². The zero-order valence-electron chi connectivity index (χ0n) is 18.1. The predicted molar refractivity (Wildman–Crippen MR) is 122 cm³/mol. The molecule has 1 aromatic heterocycles. The van der Waals surface area contributed by atoms with Gasteiger partial charge in [-0.3, -0.25) is 4.79 Å². The van der Waals surface area contributed by atoms with E-state index in [-0.39, 0.29) is 16.0 Å². The minimum absolute atomic E-state index is 0.0263. The Balaban J connectivity index is 1.54. The fourth-order valence-corrected chi connectivity index (χ4v) is 3.85. The zero-order valence-corrected chi connectivity index (χ0v) is 18.9. The van der Waals surface area contributed by atoms with Gasteiger partial charge >= 0.3 is 6.18 Å². The van der Waals surface area contributed by atoms with Crippen LogP contribution in [0.2, 0.25) is 0 Å². The molecule has 1 heterocycles. The summed E-state index contributed by atoms with van der Waals surface area (Å²) in [6.45, 7) is 1.33. The lowest BCUT2D eigenvalue weighted by Gasteiger charge is -2.12. The summed E-state index contributed by atoms with van der Waals surface area (Å²) >= 11 is 0. The number of carbonyl (C=O) groups excluding carboxylic acids is 1. The molecular formula is C23H18F3N5O3S. The monoisotopic (exact) mass is 501 g/mol. The number of aryl methyl sites for hydroxylation is 1. The van der Waals surface area contributed by atoms with Crippen LogP contribution in [0.1, 0.15) is 21.5 Å². The number of hydrogen-bond acceptors (Lipinski definition) is 5. The Labute approximate surface area is 198 Å².